The van der Waals surface area contributed by atoms with E-state index in [0.29, 0.717) is 0 Å². The lowest BCUT2D eigenvalue weighted by atomic mass is 10.0. The Kier molecular flexibility index (Phi) is 5.42. The molecular weight excluding hydrogens is 330 g/mol. The van der Waals surface area contributed by atoms with Gasteiger partial charge in [0.1, 0.15) is 5.75 Å². The standard InChI is InChI=1S/C16H22BrN3O/c1-4-14-16(17)15(20(2)19-14)10-12(18)9-11-5-7-13(21-3)8-6-11/h5-8,12H,4,9-10,18H2,1-3H3. The van der Waals surface area contributed by atoms with Gasteiger partial charge in [0.05, 0.1) is 23.0 Å². The van der Waals surface area contributed by atoms with E-state index in [9.17, 15) is 0 Å². The van der Waals surface area contributed by atoms with Gasteiger partial charge >= 0.3 is 0 Å². The van der Waals surface area contributed by atoms with Gasteiger partial charge in [0.15, 0.2) is 0 Å². The van der Waals surface area contributed by atoms with Crippen molar-refractivity contribution in [2.75, 3.05) is 7.11 Å². The van der Waals surface area contributed by atoms with Gasteiger partial charge in [-0.05, 0) is 46.5 Å². The second kappa shape index (κ2) is 7.09. The van der Waals surface area contributed by atoms with Crippen LogP contribution >= 0.6 is 15.9 Å². The van der Waals surface area contributed by atoms with Crippen LogP contribution in [-0.2, 0) is 26.3 Å². The quantitative estimate of drug-likeness (QED) is 0.870. The van der Waals surface area contributed by atoms with E-state index >= 15 is 0 Å². The molecule has 0 spiro atoms. The Morgan fingerprint density at radius 2 is 1.95 bits per heavy atom. The number of nitrogens with zero attached hydrogens (tertiary/aromatic N) is 2. The third-order valence-corrected chi connectivity index (χ3v) is 4.53. The molecule has 0 aliphatic carbocycles. The molecule has 1 aromatic carbocycles. The predicted molar refractivity (Wildman–Crippen MR) is 88.7 cm³/mol. The van der Waals surface area contributed by atoms with E-state index in [1.54, 1.807) is 7.11 Å². The predicted octanol–water partition coefficient (Wildman–Crippen LogP) is 2.87. The number of hydrogen-bond acceptors (Lipinski definition) is 3. The van der Waals surface area contributed by atoms with Gasteiger partial charge in [-0.15, -0.1) is 0 Å². The topological polar surface area (TPSA) is 53.1 Å². The van der Waals surface area contributed by atoms with Crippen molar-refractivity contribution in [2.24, 2.45) is 12.8 Å². The summed E-state index contributed by atoms with van der Waals surface area (Å²) in [7, 11) is 3.64. The third kappa shape index (κ3) is 3.86. The van der Waals surface area contributed by atoms with Crippen molar-refractivity contribution in [1.29, 1.82) is 0 Å². The van der Waals surface area contributed by atoms with E-state index in [1.807, 2.05) is 23.9 Å². The lowest BCUT2D eigenvalue weighted by Crippen LogP contribution is -2.26. The molecule has 2 rings (SSSR count). The number of hydrogen-bond donors (Lipinski definition) is 1. The maximum Gasteiger partial charge on any atom is 0.118 e. The molecule has 2 N–H and O–H groups in total. The number of ether oxygens (including phenoxy) is 1. The summed E-state index contributed by atoms with van der Waals surface area (Å²) >= 11 is 3.64. The van der Waals surface area contributed by atoms with E-state index in [2.05, 4.69) is 40.1 Å². The minimum Gasteiger partial charge on any atom is -0.497 e. The highest BCUT2D eigenvalue weighted by Gasteiger charge is 2.15. The monoisotopic (exact) mass is 351 g/mol. The highest BCUT2D eigenvalue weighted by Crippen LogP contribution is 2.23. The van der Waals surface area contributed by atoms with Gasteiger partial charge in [0.2, 0.25) is 0 Å². The molecule has 0 fully saturated rings. The van der Waals surface area contributed by atoms with Gasteiger partial charge in [-0.2, -0.15) is 5.10 Å². The first-order valence-corrected chi connectivity index (χ1v) is 7.93. The summed E-state index contributed by atoms with van der Waals surface area (Å²) in [6.45, 7) is 2.11. The van der Waals surface area contributed by atoms with Crippen LogP contribution in [0.15, 0.2) is 28.7 Å². The first-order chi connectivity index (χ1) is 10.0. The second-order valence-corrected chi connectivity index (χ2v) is 5.99. The van der Waals surface area contributed by atoms with Crippen LogP contribution in [0.5, 0.6) is 5.75 Å². The maximum absolute atomic E-state index is 6.30. The zero-order valence-corrected chi connectivity index (χ0v) is 14.4. The summed E-state index contributed by atoms with van der Waals surface area (Å²) in [5.74, 6) is 0.870. The van der Waals surface area contributed by atoms with Gasteiger partial charge in [-0.1, -0.05) is 19.1 Å². The number of nitrogens with two attached hydrogens (primary N) is 1. The number of methoxy groups -OCH3 is 1. The molecule has 1 aromatic heterocycles. The molecule has 1 atom stereocenters. The lowest BCUT2D eigenvalue weighted by Gasteiger charge is -2.13. The van der Waals surface area contributed by atoms with Crippen LogP contribution in [0.4, 0.5) is 0 Å². The van der Waals surface area contributed by atoms with Gasteiger partial charge in [-0.25, -0.2) is 0 Å². The van der Waals surface area contributed by atoms with Gasteiger partial charge in [0.25, 0.3) is 0 Å². The molecule has 0 aliphatic rings. The smallest absolute Gasteiger partial charge is 0.118 e. The van der Waals surface area contributed by atoms with Crippen LogP contribution in [-0.4, -0.2) is 22.9 Å². The minimum absolute atomic E-state index is 0.0646. The number of rotatable bonds is 6. The fourth-order valence-electron chi connectivity index (χ4n) is 2.43. The van der Waals surface area contributed by atoms with Crippen molar-refractivity contribution in [3.05, 3.63) is 45.7 Å². The third-order valence-electron chi connectivity index (χ3n) is 3.62. The average molecular weight is 352 g/mol. The van der Waals surface area contributed by atoms with E-state index in [0.717, 1.165) is 40.9 Å². The van der Waals surface area contributed by atoms with Crippen molar-refractivity contribution < 1.29 is 4.74 Å². The van der Waals surface area contributed by atoms with Crippen LogP contribution in [0.1, 0.15) is 23.9 Å². The summed E-state index contributed by atoms with van der Waals surface area (Å²) in [4.78, 5) is 0. The summed E-state index contributed by atoms with van der Waals surface area (Å²) in [6, 6.07) is 8.13. The molecule has 0 bridgehead atoms. The number of benzene rings is 1. The fraction of sp³-hybridized carbons (Fsp3) is 0.438. The zero-order chi connectivity index (χ0) is 15.4. The van der Waals surface area contributed by atoms with Gasteiger partial charge in [0, 0.05) is 19.5 Å². The summed E-state index contributed by atoms with van der Waals surface area (Å²) in [5, 5.41) is 4.51. The molecule has 1 heterocycles. The summed E-state index contributed by atoms with van der Waals surface area (Å²) in [5.41, 5.74) is 9.77. The van der Waals surface area contributed by atoms with Crippen molar-refractivity contribution in [3.8, 4) is 5.75 Å². The first kappa shape index (κ1) is 16.0. The van der Waals surface area contributed by atoms with E-state index in [4.69, 9.17) is 10.5 Å². The molecule has 0 amide bonds. The second-order valence-electron chi connectivity index (χ2n) is 5.20. The van der Waals surface area contributed by atoms with Crippen molar-refractivity contribution in [3.63, 3.8) is 0 Å². The highest BCUT2D eigenvalue weighted by atomic mass is 79.9. The Bertz CT molecular complexity index is 592. The molecule has 1 unspecified atom stereocenters. The molecule has 2 aromatic rings. The zero-order valence-electron chi connectivity index (χ0n) is 12.8. The van der Waals surface area contributed by atoms with Crippen molar-refractivity contribution in [2.45, 2.75) is 32.2 Å². The Labute approximate surface area is 134 Å². The molecule has 5 heteroatoms. The van der Waals surface area contributed by atoms with Gasteiger partial charge in [-0.3, -0.25) is 4.68 Å². The molecule has 0 radical (unpaired) electrons. The Balaban J connectivity index is 2.04. The van der Waals surface area contributed by atoms with E-state index in [-0.39, 0.29) is 6.04 Å². The Hall–Kier alpha value is -1.33. The molecule has 114 valence electrons. The van der Waals surface area contributed by atoms with Crippen LogP contribution in [0.25, 0.3) is 0 Å². The molecule has 21 heavy (non-hydrogen) atoms. The minimum atomic E-state index is 0.0646. The molecule has 4 nitrogen and oxygen atoms in total. The number of aryl methyl sites for hydroxylation is 2. The van der Waals surface area contributed by atoms with Crippen molar-refractivity contribution in [1.82, 2.24) is 9.78 Å². The number of aromatic nitrogens is 2. The average Bonchev–Trinajstić information content (AvgIpc) is 2.75. The van der Waals surface area contributed by atoms with E-state index in [1.165, 1.54) is 5.56 Å². The van der Waals surface area contributed by atoms with E-state index < -0.39 is 0 Å². The SMILES string of the molecule is CCc1nn(C)c(CC(N)Cc2ccc(OC)cc2)c1Br. The highest BCUT2D eigenvalue weighted by molar-refractivity contribution is 9.10. The first-order valence-electron chi connectivity index (χ1n) is 7.13. The molecule has 0 aliphatic heterocycles. The fourth-order valence-corrected chi connectivity index (χ4v) is 3.20. The van der Waals surface area contributed by atoms with Crippen LogP contribution in [0.2, 0.25) is 0 Å². The van der Waals surface area contributed by atoms with Crippen LogP contribution < -0.4 is 10.5 Å². The van der Waals surface area contributed by atoms with Crippen molar-refractivity contribution >= 4 is 15.9 Å². The summed E-state index contributed by atoms with van der Waals surface area (Å²) in [6.07, 6.45) is 2.56. The van der Waals surface area contributed by atoms with Crippen LogP contribution in [0.3, 0.4) is 0 Å². The molecule has 0 saturated heterocycles. The lowest BCUT2D eigenvalue weighted by molar-refractivity contribution is 0.414. The number of halogens is 1. The summed E-state index contributed by atoms with van der Waals surface area (Å²) < 4.78 is 8.19. The Morgan fingerprint density at radius 1 is 1.29 bits per heavy atom. The normalized spacial score (nSPS) is 12.4. The molecular formula is C16H22BrN3O. The maximum atomic E-state index is 6.30. The largest absolute Gasteiger partial charge is 0.497 e. The van der Waals surface area contributed by atoms with Crippen LogP contribution in [0, 0.1) is 0 Å². The van der Waals surface area contributed by atoms with Gasteiger partial charge < -0.3 is 10.5 Å². The Morgan fingerprint density at radius 3 is 2.48 bits per heavy atom. The molecule has 0 saturated carbocycles.